The monoisotopic (exact) mass is 386 g/mol. The fourth-order valence-corrected chi connectivity index (χ4v) is 7.98. The first-order valence-electron chi connectivity index (χ1n) is 10.8. The fraction of sp³-hybridized carbons (Fsp3) is 0.739. The van der Waals surface area contributed by atoms with Crippen LogP contribution >= 0.6 is 11.6 Å². The van der Waals surface area contributed by atoms with Crippen LogP contribution < -0.4 is 0 Å². The molecule has 0 radical (unpaired) electrons. The average Bonchev–Trinajstić information content (AvgIpc) is 3.20. The lowest BCUT2D eigenvalue weighted by Crippen LogP contribution is -2.52. The second-order valence-corrected chi connectivity index (χ2v) is 11.1. The number of rotatable bonds is 3. The molecule has 5 rings (SSSR count). The lowest BCUT2D eigenvalue weighted by molar-refractivity contribution is -0.0768. The molecule has 1 saturated heterocycles. The summed E-state index contributed by atoms with van der Waals surface area (Å²) < 4.78 is 13.3. The third kappa shape index (κ3) is 2.47. The minimum Gasteiger partial charge on any atom is -0.404 e. The zero-order valence-corrected chi connectivity index (χ0v) is 17.8. The number of alkyl halides is 1. The summed E-state index contributed by atoms with van der Waals surface area (Å²) in [5.74, 6) is 2.17. The fourth-order valence-electron chi connectivity index (χ4n) is 7.69. The van der Waals surface area contributed by atoms with Crippen LogP contribution in [0.3, 0.4) is 0 Å². The lowest BCUT2D eigenvalue weighted by atomic mass is 9.63. The molecule has 2 nitrogen and oxygen atoms in total. The highest BCUT2D eigenvalue weighted by molar-refractivity contribution is 6.60. The van der Waals surface area contributed by atoms with Gasteiger partial charge in [-0.2, -0.15) is 0 Å². The predicted molar refractivity (Wildman–Crippen MR) is 111 cm³/mol. The van der Waals surface area contributed by atoms with Crippen molar-refractivity contribution in [2.45, 2.75) is 76.8 Å². The first-order valence-corrected chi connectivity index (χ1v) is 11.2. The van der Waals surface area contributed by atoms with Crippen LogP contribution in [0.4, 0.5) is 0 Å². The van der Waals surface area contributed by atoms with Crippen molar-refractivity contribution in [3.05, 3.63) is 35.9 Å². The molecule has 0 amide bonds. The Morgan fingerprint density at radius 3 is 2.59 bits per heavy atom. The normalized spacial score (nSPS) is 45.6. The number of benzene rings is 1. The summed E-state index contributed by atoms with van der Waals surface area (Å²) in [5, 5.41) is -0.147. The van der Waals surface area contributed by atoms with E-state index in [1.54, 1.807) is 0 Å². The number of hydrogen-bond acceptors (Lipinski definition) is 2. The molecule has 3 aliphatic carbocycles. The summed E-state index contributed by atoms with van der Waals surface area (Å²) in [7, 11) is -0.302. The first kappa shape index (κ1) is 18.5. The number of hydrogen-bond donors (Lipinski definition) is 0. The second kappa shape index (κ2) is 6.00. The van der Waals surface area contributed by atoms with Crippen LogP contribution in [-0.2, 0) is 15.7 Å². The van der Waals surface area contributed by atoms with E-state index in [9.17, 15) is 0 Å². The highest BCUT2D eigenvalue weighted by atomic mass is 35.5. The smallest absolute Gasteiger partial charge is 0.404 e. The quantitative estimate of drug-likeness (QED) is 0.503. The zero-order valence-electron chi connectivity index (χ0n) is 17.1. The summed E-state index contributed by atoms with van der Waals surface area (Å²) in [6.45, 7) is 9.78. The summed E-state index contributed by atoms with van der Waals surface area (Å²) in [5.41, 5.74) is 1.81. The van der Waals surface area contributed by atoms with Crippen molar-refractivity contribution >= 4 is 18.7 Å². The van der Waals surface area contributed by atoms with Gasteiger partial charge < -0.3 is 9.31 Å². The van der Waals surface area contributed by atoms with Gasteiger partial charge >= 0.3 is 7.12 Å². The maximum atomic E-state index is 6.81. The van der Waals surface area contributed by atoms with Gasteiger partial charge in [-0.3, -0.25) is 0 Å². The largest absolute Gasteiger partial charge is 0.477 e. The van der Waals surface area contributed by atoms with Gasteiger partial charge in [0.25, 0.3) is 0 Å². The van der Waals surface area contributed by atoms with Crippen molar-refractivity contribution in [2.24, 2.45) is 28.6 Å². The Balaban J connectivity index is 1.41. The van der Waals surface area contributed by atoms with Crippen LogP contribution in [0, 0.1) is 28.6 Å². The molecular formula is C23H32BClO2. The molecule has 4 fully saturated rings. The van der Waals surface area contributed by atoms with E-state index in [2.05, 4.69) is 52.0 Å². The van der Waals surface area contributed by atoms with Gasteiger partial charge in [-0.15, -0.1) is 11.6 Å². The molecule has 4 heteroatoms. The van der Waals surface area contributed by atoms with Crippen molar-refractivity contribution in [1.29, 1.82) is 0 Å². The standard InChI is InChI=1S/C23H32BClO2/c1-15-10-11-17-21(2,3)18-13-23(15,17)14-19-22(18,4)27-24(26-19)20(25)12-16-8-6-5-7-9-16/h5-9,15,17-20H,10-14H2,1-4H3/t15-,17+,18-,19+,20-,22-,23-/m1/s1. The molecular weight excluding hydrogens is 355 g/mol. The van der Waals surface area contributed by atoms with Gasteiger partial charge in [-0.1, -0.05) is 51.1 Å². The molecule has 27 heavy (non-hydrogen) atoms. The molecule has 0 N–H and O–H groups in total. The van der Waals surface area contributed by atoms with Crippen LogP contribution in [0.15, 0.2) is 30.3 Å². The summed E-state index contributed by atoms with van der Waals surface area (Å²) in [6.07, 6.45) is 6.18. The molecule has 1 aromatic carbocycles. The van der Waals surface area contributed by atoms with Crippen molar-refractivity contribution < 1.29 is 9.31 Å². The minimum atomic E-state index is -0.302. The molecule has 4 aliphatic rings. The lowest BCUT2D eigenvalue weighted by Gasteiger charge is -2.48. The Morgan fingerprint density at radius 1 is 1.11 bits per heavy atom. The van der Waals surface area contributed by atoms with Gasteiger partial charge in [-0.25, -0.2) is 0 Å². The molecule has 1 aliphatic heterocycles. The molecule has 0 aromatic heterocycles. The van der Waals surface area contributed by atoms with E-state index in [0.717, 1.165) is 24.7 Å². The van der Waals surface area contributed by atoms with Crippen LogP contribution in [0.5, 0.6) is 0 Å². The Morgan fingerprint density at radius 2 is 1.85 bits per heavy atom. The van der Waals surface area contributed by atoms with Crippen molar-refractivity contribution in [3.8, 4) is 0 Å². The van der Waals surface area contributed by atoms with Crippen LogP contribution in [0.2, 0.25) is 0 Å². The van der Waals surface area contributed by atoms with E-state index in [-0.39, 0.29) is 24.1 Å². The molecule has 1 heterocycles. The SMILES string of the molecule is C[C@@H]1CC[C@H]2C(C)(C)[C@H]3C[C@@]12C[C@@H]1OB([C@H](Cl)Cc2ccccc2)O[C@@]13C. The molecule has 7 atom stereocenters. The number of fused-ring (bicyclic) bond motifs is 3. The average molecular weight is 387 g/mol. The zero-order chi connectivity index (χ0) is 19.0. The number of halogens is 1. The Labute approximate surface area is 169 Å². The Bertz CT molecular complexity index is 724. The molecule has 2 bridgehead atoms. The third-order valence-electron chi connectivity index (χ3n) is 9.08. The van der Waals surface area contributed by atoms with Gasteiger partial charge in [0.1, 0.15) is 0 Å². The Hall–Kier alpha value is -0.505. The van der Waals surface area contributed by atoms with E-state index in [1.165, 1.54) is 24.8 Å². The summed E-state index contributed by atoms with van der Waals surface area (Å²) >= 11 is 6.81. The minimum absolute atomic E-state index is 0.147. The van der Waals surface area contributed by atoms with Crippen LogP contribution in [0.1, 0.15) is 58.9 Å². The topological polar surface area (TPSA) is 18.5 Å². The second-order valence-electron chi connectivity index (χ2n) is 10.5. The highest BCUT2D eigenvalue weighted by Crippen LogP contribution is 2.74. The van der Waals surface area contributed by atoms with Crippen molar-refractivity contribution in [3.63, 3.8) is 0 Å². The van der Waals surface area contributed by atoms with E-state index < -0.39 is 0 Å². The molecule has 146 valence electrons. The van der Waals surface area contributed by atoms with E-state index >= 15 is 0 Å². The molecule has 3 saturated carbocycles. The van der Waals surface area contributed by atoms with Gasteiger partial charge in [0, 0.05) is 0 Å². The van der Waals surface area contributed by atoms with E-state index in [4.69, 9.17) is 20.9 Å². The summed E-state index contributed by atoms with van der Waals surface area (Å²) in [4.78, 5) is 0. The molecule has 0 unspecified atom stereocenters. The maximum absolute atomic E-state index is 6.81. The molecule has 1 spiro atoms. The summed E-state index contributed by atoms with van der Waals surface area (Å²) in [6, 6.07) is 10.4. The van der Waals surface area contributed by atoms with E-state index in [0.29, 0.717) is 16.7 Å². The first-order chi connectivity index (χ1) is 12.8. The van der Waals surface area contributed by atoms with E-state index in [1.807, 2.05) is 6.07 Å². The van der Waals surface area contributed by atoms with Crippen molar-refractivity contribution in [1.82, 2.24) is 0 Å². The third-order valence-corrected chi connectivity index (χ3v) is 9.44. The predicted octanol–water partition coefficient (Wildman–Crippen LogP) is 5.52. The van der Waals surface area contributed by atoms with Crippen LogP contribution in [0.25, 0.3) is 0 Å². The van der Waals surface area contributed by atoms with Gasteiger partial charge in [-0.05, 0) is 73.2 Å². The maximum Gasteiger partial charge on any atom is 0.477 e. The van der Waals surface area contributed by atoms with Gasteiger partial charge in [0.2, 0.25) is 0 Å². The van der Waals surface area contributed by atoms with Gasteiger partial charge in [0.05, 0.1) is 17.0 Å². The Kier molecular flexibility index (Phi) is 4.11. The molecule has 1 aromatic rings. The van der Waals surface area contributed by atoms with Crippen molar-refractivity contribution in [2.75, 3.05) is 0 Å². The highest BCUT2D eigenvalue weighted by Gasteiger charge is 2.73. The van der Waals surface area contributed by atoms with Gasteiger partial charge in [0.15, 0.2) is 0 Å². The van der Waals surface area contributed by atoms with Crippen LogP contribution in [-0.4, -0.2) is 24.1 Å².